The van der Waals surface area contributed by atoms with E-state index >= 15 is 0 Å². The Morgan fingerprint density at radius 1 is 1.22 bits per heavy atom. The number of hydrogen-bond donors (Lipinski definition) is 2. The summed E-state index contributed by atoms with van der Waals surface area (Å²) in [5, 5.41) is 5.74. The predicted octanol–water partition coefficient (Wildman–Crippen LogP) is 2.71. The van der Waals surface area contributed by atoms with Gasteiger partial charge in [0, 0.05) is 37.7 Å². The number of aryl methyl sites for hydroxylation is 1. The first-order valence-electron chi connectivity index (χ1n) is 7.89. The first kappa shape index (κ1) is 15.3. The zero-order valence-corrected chi connectivity index (χ0v) is 13.2. The van der Waals surface area contributed by atoms with Crippen molar-refractivity contribution in [1.82, 2.24) is 15.3 Å². The highest BCUT2D eigenvalue weighted by atomic mass is 16.2. The molecule has 0 atom stereocenters. The number of hydrogen-bond acceptors (Lipinski definition) is 4. The number of pyridine rings is 2. The van der Waals surface area contributed by atoms with Crippen LogP contribution in [0.2, 0.25) is 0 Å². The maximum atomic E-state index is 12.1. The van der Waals surface area contributed by atoms with E-state index in [1.165, 1.54) is 12.8 Å². The van der Waals surface area contributed by atoms with Gasteiger partial charge < -0.3 is 15.5 Å². The van der Waals surface area contributed by atoms with E-state index in [-0.39, 0.29) is 6.03 Å². The molecule has 0 radical (unpaired) electrons. The molecule has 1 aliphatic rings. The molecule has 6 heteroatoms. The summed E-state index contributed by atoms with van der Waals surface area (Å²) in [5.74, 6) is 0.845. The average molecular weight is 311 g/mol. The monoisotopic (exact) mass is 311 g/mol. The van der Waals surface area contributed by atoms with Gasteiger partial charge in [0.1, 0.15) is 0 Å². The number of urea groups is 1. The molecule has 6 nitrogen and oxygen atoms in total. The molecule has 0 spiro atoms. The minimum Gasteiger partial charge on any atom is -0.355 e. The first-order valence-corrected chi connectivity index (χ1v) is 7.89. The maximum absolute atomic E-state index is 12.1. The fourth-order valence-electron chi connectivity index (χ4n) is 2.63. The predicted molar refractivity (Wildman–Crippen MR) is 90.5 cm³/mol. The van der Waals surface area contributed by atoms with Crippen LogP contribution in [0, 0.1) is 6.92 Å². The lowest BCUT2D eigenvalue weighted by Crippen LogP contribution is -2.29. The van der Waals surface area contributed by atoms with Crippen LogP contribution in [0.1, 0.15) is 24.1 Å². The Hall–Kier alpha value is -2.63. The molecular weight excluding hydrogens is 290 g/mol. The van der Waals surface area contributed by atoms with Crippen molar-refractivity contribution in [1.29, 1.82) is 0 Å². The summed E-state index contributed by atoms with van der Waals surface area (Å²) >= 11 is 0. The summed E-state index contributed by atoms with van der Waals surface area (Å²) in [7, 11) is 0. The van der Waals surface area contributed by atoms with Crippen molar-refractivity contribution in [3.05, 3.63) is 47.9 Å². The van der Waals surface area contributed by atoms with Crippen LogP contribution in [0.3, 0.4) is 0 Å². The summed E-state index contributed by atoms with van der Waals surface area (Å²) in [6, 6.07) is 7.37. The van der Waals surface area contributed by atoms with Crippen molar-refractivity contribution >= 4 is 17.5 Å². The topological polar surface area (TPSA) is 70.2 Å². The Morgan fingerprint density at radius 3 is 2.78 bits per heavy atom. The molecule has 1 saturated heterocycles. The van der Waals surface area contributed by atoms with E-state index in [2.05, 4.69) is 25.5 Å². The zero-order valence-electron chi connectivity index (χ0n) is 13.2. The van der Waals surface area contributed by atoms with Crippen molar-refractivity contribution in [2.45, 2.75) is 26.3 Å². The average Bonchev–Trinajstić information content (AvgIpc) is 3.09. The van der Waals surface area contributed by atoms with Gasteiger partial charge in [-0.25, -0.2) is 9.78 Å². The van der Waals surface area contributed by atoms with Gasteiger partial charge in [0.05, 0.1) is 5.69 Å². The molecule has 0 aromatic carbocycles. The maximum Gasteiger partial charge on any atom is 0.319 e. The number of nitrogens with one attached hydrogen (secondary N) is 2. The molecule has 1 aliphatic heterocycles. The van der Waals surface area contributed by atoms with Crippen molar-refractivity contribution in [3.8, 4) is 0 Å². The number of anilines is 2. The van der Waals surface area contributed by atoms with Crippen LogP contribution in [-0.2, 0) is 6.54 Å². The third-order valence-corrected chi connectivity index (χ3v) is 3.87. The van der Waals surface area contributed by atoms with Crippen molar-refractivity contribution in [3.63, 3.8) is 0 Å². The van der Waals surface area contributed by atoms with Crippen LogP contribution in [-0.4, -0.2) is 29.1 Å². The molecule has 2 aromatic heterocycles. The molecule has 0 aliphatic carbocycles. The Bertz CT molecular complexity index is 665. The highest BCUT2D eigenvalue weighted by Gasteiger charge is 2.17. The molecule has 2 aromatic rings. The Labute approximate surface area is 135 Å². The Kier molecular flexibility index (Phi) is 4.71. The lowest BCUT2D eigenvalue weighted by atomic mass is 10.2. The highest BCUT2D eigenvalue weighted by Crippen LogP contribution is 2.25. The number of amides is 2. The third-order valence-electron chi connectivity index (χ3n) is 3.87. The van der Waals surface area contributed by atoms with E-state index in [0.29, 0.717) is 6.54 Å². The van der Waals surface area contributed by atoms with Crippen LogP contribution in [0.4, 0.5) is 16.3 Å². The summed E-state index contributed by atoms with van der Waals surface area (Å²) in [4.78, 5) is 23.0. The van der Waals surface area contributed by atoms with Crippen molar-refractivity contribution < 1.29 is 4.79 Å². The van der Waals surface area contributed by atoms with Gasteiger partial charge in [0.2, 0.25) is 0 Å². The molecule has 0 bridgehead atoms. The third kappa shape index (κ3) is 3.97. The number of aromatic nitrogens is 2. The van der Waals surface area contributed by atoms with Gasteiger partial charge in [-0.15, -0.1) is 0 Å². The van der Waals surface area contributed by atoms with E-state index < -0.39 is 0 Å². The van der Waals surface area contributed by atoms with Gasteiger partial charge in [-0.2, -0.15) is 0 Å². The zero-order chi connectivity index (χ0) is 16.1. The SMILES string of the molecule is Cc1ccc(CNC(=O)Nc2cccnc2N2CCCC2)cn1. The van der Waals surface area contributed by atoms with Crippen LogP contribution >= 0.6 is 0 Å². The molecule has 2 amide bonds. The van der Waals surface area contributed by atoms with Crippen LogP contribution in [0.15, 0.2) is 36.7 Å². The molecule has 1 fully saturated rings. The van der Waals surface area contributed by atoms with Gasteiger partial charge >= 0.3 is 6.03 Å². The smallest absolute Gasteiger partial charge is 0.319 e. The second-order valence-electron chi connectivity index (χ2n) is 5.68. The number of rotatable bonds is 4. The van der Waals surface area contributed by atoms with E-state index in [1.807, 2.05) is 31.2 Å². The molecular formula is C17H21N5O. The van der Waals surface area contributed by atoms with Crippen molar-refractivity contribution in [2.75, 3.05) is 23.3 Å². The van der Waals surface area contributed by atoms with E-state index in [1.54, 1.807) is 12.4 Å². The van der Waals surface area contributed by atoms with Gasteiger partial charge in [-0.05, 0) is 43.5 Å². The van der Waals surface area contributed by atoms with Crippen LogP contribution < -0.4 is 15.5 Å². The molecule has 2 N–H and O–H groups in total. The highest BCUT2D eigenvalue weighted by molar-refractivity contribution is 5.92. The van der Waals surface area contributed by atoms with E-state index in [4.69, 9.17) is 0 Å². The second kappa shape index (κ2) is 7.09. The first-order chi connectivity index (χ1) is 11.2. The summed E-state index contributed by atoms with van der Waals surface area (Å²) in [6.07, 6.45) is 5.87. The van der Waals surface area contributed by atoms with Crippen LogP contribution in [0.5, 0.6) is 0 Å². The molecule has 3 heterocycles. The Balaban J connectivity index is 1.60. The fraction of sp³-hybridized carbons (Fsp3) is 0.353. The molecule has 3 rings (SSSR count). The fourth-order valence-corrected chi connectivity index (χ4v) is 2.63. The summed E-state index contributed by atoms with van der Waals surface area (Å²) < 4.78 is 0. The second-order valence-corrected chi connectivity index (χ2v) is 5.68. The van der Waals surface area contributed by atoms with Crippen LogP contribution in [0.25, 0.3) is 0 Å². The number of carbonyl (C=O) groups excluding carboxylic acids is 1. The quantitative estimate of drug-likeness (QED) is 0.911. The number of carbonyl (C=O) groups is 1. The molecule has 0 unspecified atom stereocenters. The van der Waals surface area contributed by atoms with Gasteiger partial charge in [0.25, 0.3) is 0 Å². The lowest BCUT2D eigenvalue weighted by molar-refractivity contribution is 0.251. The lowest BCUT2D eigenvalue weighted by Gasteiger charge is -2.20. The molecule has 23 heavy (non-hydrogen) atoms. The minimum absolute atomic E-state index is 0.237. The largest absolute Gasteiger partial charge is 0.355 e. The molecule has 0 saturated carbocycles. The normalized spacial score (nSPS) is 13.9. The van der Waals surface area contributed by atoms with Gasteiger partial charge in [0.15, 0.2) is 5.82 Å². The van der Waals surface area contributed by atoms with Gasteiger partial charge in [-0.1, -0.05) is 6.07 Å². The van der Waals surface area contributed by atoms with E-state index in [9.17, 15) is 4.79 Å². The molecule has 120 valence electrons. The number of nitrogens with zero attached hydrogens (tertiary/aromatic N) is 3. The summed E-state index contributed by atoms with van der Waals surface area (Å²) in [6.45, 7) is 4.36. The Morgan fingerprint density at radius 2 is 2.04 bits per heavy atom. The minimum atomic E-state index is -0.237. The summed E-state index contributed by atoms with van der Waals surface area (Å²) in [5.41, 5.74) is 2.68. The van der Waals surface area contributed by atoms with Crippen molar-refractivity contribution in [2.24, 2.45) is 0 Å². The standard InChI is InChI=1S/C17H21N5O/c1-13-6-7-14(11-19-13)12-20-17(23)21-15-5-4-8-18-16(15)22-9-2-3-10-22/h4-8,11H,2-3,9-10,12H2,1H3,(H2,20,21,23). The van der Waals surface area contributed by atoms with E-state index in [0.717, 1.165) is 35.9 Å². The van der Waals surface area contributed by atoms with Gasteiger partial charge in [-0.3, -0.25) is 4.98 Å².